The van der Waals surface area contributed by atoms with Gasteiger partial charge in [0.1, 0.15) is 11.6 Å². The van der Waals surface area contributed by atoms with Crippen molar-refractivity contribution in [2.24, 2.45) is 0 Å². The first-order valence-corrected chi connectivity index (χ1v) is 5.00. The van der Waals surface area contributed by atoms with Gasteiger partial charge in [0.15, 0.2) is 0 Å². The number of hydrogen-bond donors (Lipinski definition) is 0. The molecule has 1 aromatic carbocycles. The highest BCUT2D eigenvalue weighted by Gasteiger charge is 2.42. The molecule has 1 aliphatic rings. The molecule has 4 heteroatoms. The number of halogens is 1. The van der Waals surface area contributed by atoms with Crippen LogP contribution >= 0.6 is 0 Å². The minimum Gasteiger partial charge on any atom is -0.496 e. The summed E-state index contributed by atoms with van der Waals surface area (Å²) in [4.78, 5) is 0. The topological polar surface area (TPSA) is 42.2 Å². The summed E-state index contributed by atoms with van der Waals surface area (Å²) in [7, 11) is 1.54. The Kier molecular flexibility index (Phi) is 2.80. The molecule has 0 unspecified atom stereocenters. The van der Waals surface area contributed by atoms with Crippen molar-refractivity contribution in [1.29, 1.82) is 5.26 Å². The molecule has 1 saturated heterocycles. The molecule has 1 aromatic rings. The largest absolute Gasteiger partial charge is 0.496 e. The van der Waals surface area contributed by atoms with Gasteiger partial charge in [0.2, 0.25) is 0 Å². The molecule has 84 valence electrons. The lowest BCUT2D eigenvalue weighted by Gasteiger charge is -2.40. The zero-order valence-electron chi connectivity index (χ0n) is 9.00. The van der Waals surface area contributed by atoms with Crippen LogP contribution in [0.15, 0.2) is 18.2 Å². The van der Waals surface area contributed by atoms with Crippen LogP contribution in [0, 0.1) is 17.1 Å². The quantitative estimate of drug-likeness (QED) is 0.784. The fourth-order valence-corrected chi connectivity index (χ4v) is 1.95. The molecule has 0 radical (unpaired) electrons. The zero-order chi connectivity index (χ0) is 11.6. The van der Waals surface area contributed by atoms with Crippen molar-refractivity contribution in [2.75, 3.05) is 20.3 Å². The van der Waals surface area contributed by atoms with E-state index >= 15 is 0 Å². The fraction of sp³-hybridized carbons (Fsp3) is 0.417. The maximum Gasteiger partial charge on any atom is 0.123 e. The van der Waals surface area contributed by atoms with Crippen molar-refractivity contribution in [3.05, 3.63) is 29.6 Å². The van der Waals surface area contributed by atoms with Gasteiger partial charge < -0.3 is 9.47 Å². The first-order chi connectivity index (χ1) is 7.72. The van der Waals surface area contributed by atoms with Crippen molar-refractivity contribution in [3.63, 3.8) is 0 Å². The van der Waals surface area contributed by atoms with Crippen LogP contribution in [0.3, 0.4) is 0 Å². The van der Waals surface area contributed by atoms with Gasteiger partial charge in [-0.05, 0) is 18.2 Å². The van der Waals surface area contributed by atoms with E-state index < -0.39 is 5.41 Å². The average Bonchev–Trinajstić information content (AvgIpc) is 2.23. The first kappa shape index (κ1) is 10.9. The Bertz CT molecular complexity index is 435. The molecule has 0 aromatic heterocycles. The van der Waals surface area contributed by atoms with Crippen LogP contribution in [0.2, 0.25) is 0 Å². The highest BCUT2D eigenvalue weighted by Crippen LogP contribution is 2.40. The average molecular weight is 221 g/mol. The number of benzene rings is 1. The van der Waals surface area contributed by atoms with E-state index in [1.54, 1.807) is 6.07 Å². The Hall–Kier alpha value is -1.60. The molecule has 1 aliphatic heterocycles. The van der Waals surface area contributed by atoms with Crippen molar-refractivity contribution in [2.45, 2.75) is 11.8 Å². The van der Waals surface area contributed by atoms with E-state index in [4.69, 9.17) is 14.7 Å². The summed E-state index contributed by atoms with van der Waals surface area (Å²) in [5.74, 6) is 0.292. The minimum absolute atomic E-state index is 0.312. The monoisotopic (exact) mass is 221 g/mol. The standard InChI is InChI=1S/C12H12FNO2/c1-15-11-3-2-9(13)6-10(11)12(4-5-14)7-16-8-12/h2-3,6H,4,7-8H2,1H3. The van der Waals surface area contributed by atoms with Crippen LogP contribution in [-0.4, -0.2) is 20.3 Å². The van der Waals surface area contributed by atoms with E-state index in [9.17, 15) is 4.39 Å². The minimum atomic E-state index is -0.401. The van der Waals surface area contributed by atoms with Gasteiger partial charge in [-0.25, -0.2) is 4.39 Å². The van der Waals surface area contributed by atoms with Crippen LogP contribution in [-0.2, 0) is 10.2 Å². The molecular weight excluding hydrogens is 209 g/mol. The molecule has 0 atom stereocenters. The molecule has 16 heavy (non-hydrogen) atoms. The van der Waals surface area contributed by atoms with Crippen molar-refractivity contribution in [1.82, 2.24) is 0 Å². The molecule has 2 rings (SSSR count). The van der Waals surface area contributed by atoms with Gasteiger partial charge >= 0.3 is 0 Å². The Morgan fingerprint density at radius 1 is 1.56 bits per heavy atom. The first-order valence-electron chi connectivity index (χ1n) is 5.00. The Labute approximate surface area is 93.4 Å². The molecule has 0 amide bonds. The second-order valence-electron chi connectivity index (χ2n) is 3.95. The summed E-state index contributed by atoms with van der Waals surface area (Å²) in [6.45, 7) is 0.890. The maximum absolute atomic E-state index is 13.2. The molecular formula is C12H12FNO2. The molecule has 0 spiro atoms. The van der Waals surface area contributed by atoms with Crippen molar-refractivity contribution < 1.29 is 13.9 Å². The second kappa shape index (κ2) is 4.11. The molecule has 0 N–H and O–H groups in total. The van der Waals surface area contributed by atoms with E-state index in [0.717, 1.165) is 5.56 Å². The lowest BCUT2D eigenvalue weighted by molar-refractivity contribution is -0.0587. The van der Waals surface area contributed by atoms with Crippen LogP contribution in [0.5, 0.6) is 5.75 Å². The summed E-state index contributed by atoms with van der Waals surface area (Å²) in [6.07, 6.45) is 0.312. The van der Waals surface area contributed by atoms with E-state index in [0.29, 0.717) is 25.4 Å². The number of hydrogen-bond acceptors (Lipinski definition) is 3. The SMILES string of the molecule is COc1ccc(F)cc1C1(CC#N)COC1. The Morgan fingerprint density at radius 3 is 2.81 bits per heavy atom. The lowest BCUT2D eigenvalue weighted by Crippen LogP contribution is -2.46. The third-order valence-corrected chi connectivity index (χ3v) is 2.91. The fourth-order valence-electron chi connectivity index (χ4n) is 1.95. The van der Waals surface area contributed by atoms with Gasteiger partial charge in [-0.3, -0.25) is 0 Å². The predicted octanol–water partition coefficient (Wildman–Crippen LogP) is 2.02. The third-order valence-electron chi connectivity index (χ3n) is 2.91. The van der Waals surface area contributed by atoms with Crippen molar-refractivity contribution in [3.8, 4) is 11.8 Å². The molecule has 0 saturated carbocycles. The van der Waals surface area contributed by atoms with E-state index in [-0.39, 0.29) is 5.82 Å². The van der Waals surface area contributed by atoms with Crippen molar-refractivity contribution >= 4 is 0 Å². The summed E-state index contributed by atoms with van der Waals surface area (Å²) >= 11 is 0. The molecule has 0 aliphatic carbocycles. The highest BCUT2D eigenvalue weighted by molar-refractivity contribution is 5.42. The summed E-state index contributed by atoms with van der Waals surface area (Å²) in [6, 6.07) is 6.49. The number of nitrogens with zero attached hydrogens (tertiary/aromatic N) is 1. The predicted molar refractivity (Wildman–Crippen MR) is 55.7 cm³/mol. The number of methoxy groups -OCH3 is 1. The van der Waals surface area contributed by atoms with Crippen LogP contribution in [0.25, 0.3) is 0 Å². The maximum atomic E-state index is 13.2. The van der Waals surface area contributed by atoms with E-state index in [1.165, 1.54) is 19.2 Å². The van der Waals surface area contributed by atoms with Crippen LogP contribution in [0.4, 0.5) is 4.39 Å². The second-order valence-corrected chi connectivity index (χ2v) is 3.95. The molecule has 1 heterocycles. The molecule has 1 fully saturated rings. The highest BCUT2D eigenvalue weighted by atomic mass is 19.1. The number of nitriles is 1. The van der Waals surface area contributed by atoms with Crippen LogP contribution < -0.4 is 4.74 Å². The molecule has 0 bridgehead atoms. The van der Waals surface area contributed by atoms with Gasteiger partial charge in [-0.2, -0.15) is 5.26 Å². The number of ether oxygens (including phenoxy) is 2. The summed E-state index contributed by atoms with van der Waals surface area (Å²) in [5.41, 5.74) is 0.324. The summed E-state index contributed by atoms with van der Waals surface area (Å²) < 4.78 is 23.6. The normalized spacial score (nSPS) is 17.3. The number of rotatable bonds is 3. The van der Waals surface area contributed by atoms with E-state index in [2.05, 4.69) is 6.07 Å². The Morgan fingerprint density at radius 2 is 2.31 bits per heavy atom. The smallest absolute Gasteiger partial charge is 0.123 e. The van der Waals surface area contributed by atoms with Gasteiger partial charge in [-0.15, -0.1) is 0 Å². The zero-order valence-corrected chi connectivity index (χ0v) is 9.00. The van der Waals surface area contributed by atoms with Gasteiger partial charge in [0.05, 0.1) is 31.8 Å². The Balaban J connectivity index is 2.45. The third kappa shape index (κ3) is 1.63. The summed E-state index contributed by atoms with van der Waals surface area (Å²) in [5, 5.41) is 8.82. The van der Waals surface area contributed by atoms with E-state index in [1.807, 2.05) is 0 Å². The van der Waals surface area contributed by atoms with Gasteiger partial charge in [0, 0.05) is 12.0 Å². The van der Waals surface area contributed by atoms with Gasteiger partial charge in [0.25, 0.3) is 0 Å². The molecule has 3 nitrogen and oxygen atoms in total. The van der Waals surface area contributed by atoms with Gasteiger partial charge in [-0.1, -0.05) is 0 Å². The lowest BCUT2D eigenvalue weighted by atomic mass is 9.76. The van der Waals surface area contributed by atoms with Crippen LogP contribution in [0.1, 0.15) is 12.0 Å².